The molecule has 0 aliphatic heterocycles. The number of anilines is 1. The molecule has 110 valence electrons. The second kappa shape index (κ2) is 6.78. The lowest BCUT2D eigenvalue weighted by Gasteiger charge is -2.31. The molecule has 1 aliphatic carbocycles. The lowest BCUT2D eigenvalue weighted by Crippen LogP contribution is -2.31. The monoisotopic (exact) mass is 275 g/mol. The molecule has 0 radical (unpaired) electrons. The zero-order valence-corrected chi connectivity index (χ0v) is 12.5. The van der Waals surface area contributed by atoms with E-state index < -0.39 is 0 Å². The molecule has 20 heavy (non-hydrogen) atoms. The number of hydrogen-bond acceptors (Lipinski definition) is 3. The van der Waals surface area contributed by atoms with Crippen molar-refractivity contribution in [3.63, 3.8) is 0 Å². The molecule has 2 N–H and O–H groups in total. The molecule has 1 aliphatic rings. The summed E-state index contributed by atoms with van der Waals surface area (Å²) in [5.41, 5.74) is 7.39. The third kappa shape index (κ3) is 3.53. The SMILES string of the molecule is CCC1CCCCC1OC(=O)C(C)c1cccc(N)c1. The summed E-state index contributed by atoms with van der Waals surface area (Å²) in [5.74, 6) is 0.152. The van der Waals surface area contributed by atoms with Crippen molar-refractivity contribution < 1.29 is 9.53 Å². The average molecular weight is 275 g/mol. The number of benzene rings is 1. The van der Waals surface area contributed by atoms with E-state index in [-0.39, 0.29) is 18.0 Å². The van der Waals surface area contributed by atoms with Gasteiger partial charge in [0.1, 0.15) is 6.10 Å². The number of carbonyl (C=O) groups excluding carboxylic acids is 1. The number of rotatable bonds is 4. The Morgan fingerprint density at radius 3 is 2.85 bits per heavy atom. The maximum Gasteiger partial charge on any atom is 0.313 e. The summed E-state index contributed by atoms with van der Waals surface area (Å²) in [6, 6.07) is 7.49. The van der Waals surface area contributed by atoms with E-state index >= 15 is 0 Å². The van der Waals surface area contributed by atoms with Crippen molar-refractivity contribution in [1.82, 2.24) is 0 Å². The van der Waals surface area contributed by atoms with E-state index in [1.165, 1.54) is 19.3 Å². The van der Waals surface area contributed by atoms with Crippen LogP contribution in [0.4, 0.5) is 5.69 Å². The van der Waals surface area contributed by atoms with Gasteiger partial charge in [-0.25, -0.2) is 0 Å². The van der Waals surface area contributed by atoms with Crippen molar-refractivity contribution in [2.75, 3.05) is 5.73 Å². The molecule has 0 heterocycles. The molecule has 2 rings (SSSR count). The predicted molar refractivity (Wildman–Crippen MR) is 81.4 cm³/mol. The van der Waals surface area contributed by atoms with Gasteiger partial charge in [0.15, 0.2) is 0 Å². The van der Waals surface area contributed by atoms with Gasteiger partial charge in [-0.05, 0) is 56.2 Å². The summed E-state index contributed by atoms with van der Waals surface area (Å²) >= 11 is 0. The molecule has 3 atom stereocenters. The van der Waals surface area contributed by atoms with Crippen LogP contribution in [0.2, 0.25) is 0 Å². The molecule has 0 spiro atoms. The molecule has 0 saturated heterocycles. The van der Waals surface area contributed by atoms with Crippen molar-refractivity contribution in [2.24, 2.45) is 5.92 Å². The van der Waals surface area contributed by atoms with Gasteiger partial charge < -0.3 is 10.5 Å². The summed E-state index contributed by atoms with van der Waals surface area (Å²) in [6.07, 6.45) is 5.81. The van der Waals surface area contributed by atoms with Gasteiger partial charge in [0.05, 0.1) is 5.92 Å². The lowest BCUT2D eigenvalue weighted by molar-refractivity contribution is -0.155. The highest BCUT2D eigenvalue weighted by molar-refractivity contribution is 5.78. The molecule has 0 aromatic heterocycles. The standard InChI is InChI=1S/C17H25NO2/c1-3-13-7-4-5-10-16(13)20-17(19)12(2)14-8-6-9-15(18)11-14/h6,8-9,11-13,16H,3-5,7,10,18H2,1-2H3. The normalized spacial score (nSPS) is 24.1. The first-order chi connectivity index (χ1) is 9.61. The van der Waals surface area contributed by atoms with Gasteiger partial charge in [0.25, 0.3) is 0 Å². The number of esters is 1. The third-order valence-corrected chi connectivity index (χ3v) is 4.40. The highest BCUT2D eigenvalue weighted by Gasteiger charge is 2.29. The molecule has 1 aromatic carbocycles. The summed E-state index contributed by atoms with van der Waals surface area (Å²) in [6.45, 7) is 4.07. The van der Waals surface area contributed by atoms with E-state index in [9.17, 15) is 4.79 Å². The van der Waals surface area contributed by atoms with Crippen molar-refractivity contribution >= 4 is 11.7 Å². The Morgan fingerprint density at radius 2 is 2.15 bits per heavy atom. The van der Waals surface area contributed by atoms with Gasteiger partial charge in [-0.2, -0.15) is 0 Å². The molecule has 0 amide bonds. The van der Waals surface area contributed by atoms with Gasteiger partial charge in [-0.1, -0.05) is 25.5 Å². The predicted octanol–water partition coefficient (Wildman–Crippen LogP) is 3.88. The van der Waals surface area contributed by atoms with E-state index in [0.717, 1.165) is 18.4 Å². The quantitative estimate of drug-likeness (QED) is 0.670. The van der Waals surface area contributed by atoms with E-state index in [0.29, 0.717) is 11.6 Å². The molecular weight excluding hydrogens is 250 g/mol. The highest BCUT2D eigenvalue weighted by Crippen LogP contribution is 2.30. The molecule has 3 nitrogen and oxygen atoms in total. The number of nitrogens with two attached hydrogens (primary N) is 1. The Balaban J connectivity index is 2.00. The molecule has 0 bridgehead atoms. The maximum absolute atomic E-state index is 12.3. The fourth-order valence-electron chi connectivity index (χ4n) is 3.01. The highest BCUT2D eigenvalue weighted by atomic mass is 16.5. The topological polar surface area (TPSA) is 52.3 Å². The molecule has 1 fully saturated rings. The van der Waals surface area contributed by atoms with Gasteiger partial charge in [0, 0.05) is 5.69 Å². The maximum atomic E-state index is 12.3. The zero-order chi connectivity index (χ0) is 14.5. The first kappa shape index (κ1) is 14.9. The van der Waals surface area contributed by atoms with E-state index in [1.54, 1.807) is 0 Å². The smallest absolute Gasteiger partial charge is 0.313 e. The fourth-order valence-corrected chi connectivity index (χ4v) is 3.01. The number of nitrogen functional groups attached to an aromatic ring is 1. The van der Waals surface area contributed by atoms with Crippen LogP contribution in [0.1, 0.15) is 57.4 Å². The Hall–Kier alpha value is -1.51. The van der Waals surface area contributed by atoms with Crippen molar-refractivity contribution in [3.8, 4) is 0 Å². The van der Waals surface area contributed by atoms with Crippen molar-refractivity contribution in [1.29, 1.82) is 0 Å². The zero-order valence-electron chi connectivity index (χ0n) is 12.5. The van der Waals surface area contributed by atoms with E-state index in [4.69, 9.17) is 10.5 Å². The van der Waals surface area contributed by atoms with Crippen LogP contribution in [0, 0.1) is 5.92 Å². The second-order valence-corrected chi connectivity index (χ2v) is 5.82. The van der Waals surface area contributed by atoms with Gasteiger partial charge >= 0.3 is 5.97 Å². The van der Waals surface area contributed by atoms with Crippen LogP contribution >= 0.6 is 0 Å². The summed E-state index contributed by atoms with van der Waals surface area (Å²) in [4.78, 5) is 12.3. The average Bonchev–Trinajstić information content (AvgIpc) is 2.47. The summed E-state index contributed by atoms with van der Waals surface area (Å²) in [5, 5.41) is 0. The van der Waals surface area contributed by atoms with Crippen LogP contribution in [0.25, 0.3) is 0 Å². The van der Waals surface area contributed by atoms with Crippen LogP contribution in [-0.2, 0) is 9.53 Å². The lowest BCUT2D eigenvalue weighted by atomic mass is 9.84. The summed E-state index contributed by atoms with van der Waals surface area (Å²) < 4.78 is 5.77. The van der Waals surface area contributed by atoms with Crippen LogP contribution in [0.5, 0.6) is 0 Å². The van der Waals surface area contributed by atoms with E-state index in [2.05, 4.69) is 6.92 Å². The van der Waals surface area contributed by atoms with Crippen molar-refractivity contribution in [2.45, 2.75) is 58.0 Å². The van der Waals surface area contributed by atoms with Crippen LogP contribution in [0.3, 0.4) is 0 Å². The van der Waals surface area contributed by atoms with Crippen LogP contribution in [-0.4, -0.2) is 12.1 Å². The second-order valence-electron chi connectivity index (χ2n) is 5.82. The van der Waals surface area contributed by atoms with Crippen molar-refractivity contribution in [3.05, 3.63) is 29.8 Å². The number of carbonyl (C=O) groups is 1. The first-order valence-corrected chi connectivity index (χ1v) is 7.67. The molecule has 3 unspecified atom stereocenters. The molecule has 3 heteroatoms. The first-order valence-electron chi connectivity index (χ1n) is 7.67. The Kier molecular flexibility index (Phi) is 5.05. The fraction of sp³-hybridized carbons (Fsp3) is 0.588. The van der Waals surface area contributed by atoms with Gasteiger partial charge in [-0.3, -0.25) is 4.79 Å². The van der Waals surface area contributed by atoms with Gasteiger partial charge in [0.2, 0.25) is 0 Å². The number of hydrogen-bond donors (Lipinski definition) is 1. The Bertz CT molecular complexity index is 458. The minimum absolute atomic E-state index is 0.102. The minimum atomic E-state index is -0.252. The third-order valence-electron chi connectivity index (χ3n) is 4.40. The minimum Gasteiger partial charge on any atom is -0.462 e. The summed E-state index contributed by atoms with van der Waals surface area (Å²) in [7, 11) is 0. The Morgan fingerprint density at radius 1 is 1.40 bits per heavy atom. The molecular formula is C17H25NO2. The number of ether oxygens (including phenoxy) is 1. The van der Waals surface area contributed by atoms with Gasteiger partial charge in [-0.15, -0.1) is 0 Å². The van der Waals surface area contributed by atoms with Crippen LogP contribution in [0.15, 0.2) is 24.3 Å². The van der Waals surface area contributed by atoms with E-state index in [1.807, 2.05) is 31.2 Å². The van der Waals surface area contributed by atoms with Crippen LogP contribution < -0.4 is 5.73 Å². The molecule has 1 saturated carbocycles. The largest absolute Gasteiger partial charge is 0.462 e. The molecule has 1 aromatic rings. The Labute approximate surface area is 121 Å².